The summed E-state index contributed by atoms with van der Waals surface area (Å²) in [7, 11) is 0. The number of nitrogens with zero attached hydrogens (tertiary/aromatic N) is 1. The van der Waals surface area contributed by atoms with Crippen molar-refractivity contribution in [2.24, 2.45) is 5.73 Å². The molecule has 3 nitrogen and oxygen atoms in total. The number of nitriles is 1. The zero-order chi connectivity index (χ0) is 10.7. The SMILES string of the molecule is Cc1cc(N)c(F)cc1[C@@H](N)CC#N. The lowest BCUT2D eigenvalue weighted by Crippen LogP contribution is -2.11. The molecule has 1 aromatic carbocycles. The van der Waals surface area contributed by atoms with E-state index in [1.807, 2.05) is 6.07 Å². The smallest absolute Gasteiger partial charge is 0.146 e. The minimum atomic E-state index is -0.487. The summed E-state index contributed by atoms with van der Waals surface area (Å²) in [6, 6.07) is 4.33. The van der Waals surface area contributed by atoms with Gasteiger partial charge in [0.2, 0.25) is 0 Å². The van der Waals surface area contributed by atoms with E-state index in [-0.39, 0.29) is 12.1 Å². The summed E-state index contributed by atoms with van der Waals surface area (Å²) in [6.45, 7) is 1.79. The van der Waals surface area contributed by atoms with Crippen molar-refractivity contribution in [3.63, 3.8) is 0 Å². The van der Waals surface area contributed by atoms with E-state index in [1.165, 1.54) is 12.1 Å². The highest BCUT2D eigenvalue weighted by atomic mass is 19.1. The van der Waals surface area contributed by atoms with Gasteiger partial charge in [-0.1, -0.05) is 0 Å². The lowest BCUT2D eigenvalue weighted by molar-refractivity contribution is 0.623. The highest BCUT2D eigenvalue weighted by Crippen LogP contribution is 2.23. The molecule has 0 heterocycles. The van der Waals surface area contributed by atoms with Gasteiger partial charge in [0.1, 0.15) is 5.82 Å². The van der Waals surface area contributed by atoms with Crippen LogP contribution >= 0.6 is 0 Å². The second kappa shape index (κ2) is 4.07. The Morgan fingerprint density at radius 2 is 2.21 bits per heavy atom. The summed E-state index contributed by atoms with van der Waals surface area (Å²) >= 11 is 0. The number of hydrogen-bond acceptors (Lipinski definition) is 3. The Morgan fingerprint density at radius 3 is 2.79 bits per heavy atom. The maximum atomic E-state index is 13.1. The molecule has 1 aromatic rings. The molecule has 0 aliphatic rings. The van der Waals surface area contributed by atoms with E-state index in [2.05, 4.69) is 0 Å². The average Bonchev–Trinajstić information content (AvgIpc) is 2.11. The van der Waals surface area contributed by atoms with Crippen LogP contribution in [0, 0.1) is 24.1 Å². The van der Waals surface area contributed by atoms with Crippen molar-refractivity contribution in [2.45, 2.75) is 19.4 Å². The zero-order valence-electron chi connectivity index (χ0n) is 7.92. The van der Waals surface area contributed by atoms with Crippen molar-refractivity contribution in [3.05, 3.63) is 29.1 Å². The Labute approximate surface area is 82.1 Å². The first-order valence-corrected chi connectivity index (χ1v) is 4.24. The van der Waals surface area contributed by atoms with E-state index >= 15 is 0 Å². The second-order valence-electron chi connectivity index (χ2n) is 3.20. The van der Waals surface area contributed by atoms with Crippen LogP contribution < -0.4 is 11.5 Å². The van der Waals surface area contributed by atoms with Gasteiger partial charge >= 0.3 is 0 Å². The van der Waals surface area contributed by atoms with Gasteiger partial charge in [-0.05, 0) is 30.2 Å². The highest BCUT2D eigenvalue weighted by Gasteiger charge is 2.11. The summed E-state index contributed by atoms with van der Waals surface area (Å²) in [4.78, 5) is 0. The van der Waals surface area contributed by atoms with Gasteiger partial charge in [-0.15, -0.1) is 0 Å². The third kappa shape index (κ3) is 2.01. The van der Waals surface area contributed by atoms with Crippen molar-refractivity contribution in [3.8, 4) is 6.07 Å². The van der Waals surface area contributed by atoms with E-state index in [4.69, 9.17) is 16.7 Å². The molecule has 1 atom stereocenters. The van der Waals surface area contributed by atoms with E-state index in [0.717, 1.165) is 5.56 Å². The van der Waals surface area contributed by atoms with Crippen LogP contribution in [0.2, 0.25) is 0 Å². The predicted octanol–water partition coefficient (Wildman–Crippen LogP) is 1.63. The molecular formula is C10H12FN3. The molecule has 0 fully saturated rings. The van der Waals surface area contributed by atoms with Crippen molar-refractivity contribution in [2.75, 3.05) is 5.73 Å². The minimum absolute atomic E-state index is 0.107. The van der Waals surface area contributed by atoms with E-state index in [0.29, 0.717) is 5.56 Å². The number of hydrogen-bond donors (Lipinski definition) is 2. The average molecular weight is 193 g/mol. The molecule has 1 rings (SSSR count). The molecule has 74 valence electrons. The van der Waals surface area contributed by atoms with Crippen LogP contribution in [-0.4, -0.2) is 0 Å². The van der Waals surface area contributed by atoms with Gasteiger partial charge in [-0.25, -0.2) is 4.39 Å². The maximum absolute atomic E-state index is 13.1. The Bertz CT molecular complexity index is 382. The third-order valence-electron chi connectivity index (χ3n) is 2.10. The summed E-state index contributed by atoms with van der Waals surface area (Å²) in [5, 5.41) is 8.46. The number of anilines is 1. The van der Waals surface area contributed by atoms with Gasteiger partial charge in [0, 0.05) is 6.04 Å². The van der Waals surface area contributed by atoms with E-state index in [9.17, 15) is 4.39 Å². The molecule has 0 radical (unpaired) electrons. The van der Waals surface area contributed by atoms with Crippen LogP contribution in [0.1, 0.15) is 23.6 Å². The number of rotatable bonds is 2. The minimum Gasteiger partial charge on any atom is -0.396 e. The molecule has 4 heteroatoms. The Hall–Kier alpha value is -1.60. The summed E-state index contributed by atoms with van der Waals surface area (Å²) in [6.07, 6.45) is 0.171. The number of halogens is 1. The quantitative estimate of drug-likeness (QED) is 0.701. The molecule has 0 aliphatic heterocycles. The first-order chi connectivity index (χ1) is 6.56. The zero-order valence-corrected chi connectivity index (χ0v) is 7.92. The van der Waals surface area contributed by atoms with Crippen molar-refractivity contribution >= 4 is 5.69 Å². The molecule has 0 unspecified atom stereocenters. The first-order valence-electron chi connectivity index (χ1n) is 4.24. The standard InChI is InChI=1S/C10H12FN3/c1-6-4-10(14)8(11)5-7(6)9(13)2-3-12/h4-5,9H,2,13-14H2,1H3/t9-/m0/s1. The number of nitrogens with two attached hydrogens (primary N) is 2. The van der Waals surface area contributed by atoms with Crippen molar-refractivity contribution in [1.82, 2.24) is 0 Å². The summed E-state index contributed by atoms with van der Waals surface area (Å²) in [5.74, 6) is -0.487. The molecule has 0 bridgehead atoms. The highest BCUT2D eigenvalue weighted by molar-refractivity contribution is 5.46. The fourth-order valence-electron chi connectivity index (χ4n) is 1.33. The molecule has 4 N–H and O–H groups in total. The fraction of sp³-hybridized carbons (Fsp3) is 0.300. The molecular weight excluding hydrogens is 181 g/mol. The summed E-state index contributed by atoms with van der Waals surface area (Å²) in [5.41, 5.74) is 12.6. The van der Waals surface area contributed by atoms with Crippen LogP contribution in [0.3, 0.4) is 0 Å². The summed E-state index contributed by atoms with van der Waals surface area (Å²) < 4.78 is 13.1. The Kier molecular flexibility index (Phi) is 3.05. The number of aryl methyl sites for hydroxylation is 1. The molecule has 14 heavy (non-hydrogen) atoms. The molecule has 0 aromatic heterocycles. The van der Waals surface area contributed by atoms with Gasteiger partial charge in [-0.2, -0.15) is 5.26 Å². The predicted molar refractivity (Wildman–Crippen MR) is 52.7 cm³/mol. The molecule has 0 aliphatic carbocycles. The van der Waals surface area contributed by atoms with Gasteiger partial charge in [0.25, 0.3) is 0 Å². The van der Waals surface area contributed by atoms with Gasteiger partial charge in [0.15, 0.2) is 0 Å². The largest absolute Gasteiger partial charge is 0.396 e. The molecule has 0 amide bonds. The molecule has 0 spiro atoms. The number of benzene rings is 1. The van der Waals surface area contributed by atoms with Crippen molar-refractivity contribution in [1.29, 1.82) is 5.26 Å². The monoisotopic (exact) mass is 193 g/mol. The van der Waals surface area contributed by atoms with Crippen molar-refractivity contribution < 1.29 is 4.39 Å². The van der Waals surface area contributed by atoms with Crippen LogP contribution in [0.25, 0.3) is 0 Å². The van der Waals surface area contributed by atoms with Crippen LogP contribution in [0.4, 0.5) is 10.1 Å². The molecule has 0 saturated heterocycles. The van der Waals surface area contributed by atoms with Gasteiger partial charge in [0.05, 0.1) is 18.2 Å². The van der Waals surface area contributed by atoms with E-state index in [1.54, 1.807) is 6.92 Å². The molecule has 0 saturated carbocycles. The lowest BCUT2D eigenvalue weighted by atomic mass is 9.99. The number of nitrogen functional groups attached to an aromatic ring is 1. The lowest BCUT2D eigenvalue weighted by Gasteiger charge is -2.12. The van der Waals surface area contributed by atoms with Crippen LogP contribution in [0.5, 0.6) is 0 Å². The van der Waals surface area contributed by atoms with Crippen LogP contribution in [0.15, 0.2) is 12.1 Å². The van der Waals surface area contributed by atoms with E-state index < -0.39 is 11.9 Å². The first kappa shape index (κ1) is 10.5. The fourth-order valence-corrected chi connectivity index (χ4v) is 1.33. The van der Waals surface area contributed by atoms with Gasteiger partial charge in [-0.3, -0.25) is 0 Å². The van der Waals surface area contributed by atoms with Gasteiger partial charge < -0.3 is 11.5 Å². The Balaban J connectivity index is 3.10. The Morgan fingerprint density at radius 1 is 1.57 bits per heavy atom. The van der Waals surface area contributed by atoms with Crippen LogP contribution in [-0.2, 0) is 0 Å². The second-order valence-corrected chi connectivity index (χ2v) is 3.20. The normalized spacial score (nSPS) is 12.1. The topological polar surface area (TPSA) is 75.8 Å². The third-order valence-corrected chi connectivity index (χ3v) is 2.10. The maximum Gasteiger partial charge on any atom is 0.146 e.